The third-order valence-electron chi connectivity index (χ3n) is 2.83. The molecule has 100 valence electrons. The number of H-pyrrole nitrogens is 1. The second kappa shape index (κ2) is 7.38. The van der Waals surface area contributed by atoms with Gasteiger partial charge in [-0.25, -0.2) is 0 Å². The van der Waals surface area contributed by atoms with Crippen LogP contribution in [0.5, 0.6) is 0 Å². The Hall–Kier alpha value is -2.07. The van der Waals surface area contributed by atoms with E-state index < -0.39 is 0 Å². The van der Waals surface area contributed by atoms with Crippen molar-refractivity contribution >= 4 is 0 Å². The summed E-state index contributed by atoms with van der Waals surface area (Å²) in [6.45, 7) is 5.92. The average molecular weight is 257 g/mol. The second-order valence-corrected chi connectivity index (χ2v) is 4.20. The van der Waals surface area contributed by atoms with Gasteiger partial charge in [-0.2, -0.15) is 5.10 Å². The van der Waals surface area contributed by atoms with Gasteiger partial charge in [0, 0.05) is 12.1 Å². The van der Waals surface area contributed by atoms with E-state index >= 15 is 0 Å². The Labute approximate surface area is 113 Å². The molecule has 0 radical (unpaired) electrons. The van der Waals surface area contributed by atoms with Crippen LogP contribution in [0, 0.1) is 0 Å². The lowest BCUT2D eigenvalue weighted by Crippen LogP contribution is -2.16. The smallest absolute Gasteiger partial charge is 0.0885 e. The molecule has 4 heteroatoms. The summed E-state index contributed by atoms with van der Waals surface area (Å²) in [5, 5.41) is 10.6. The van der Waals surface area contributed by atoms with Crippen molar-refractivity contribution in [3.63, 3.8) is 0 Å². The SMILES string of the molecule is C=COCCCNCc1cn[nH]c1-c1ccccc1. The van der Waals surface area contributed by atoms with E-state index in [1.165, 1.54) is 11.8 Å². The minimum absolute atomic E-state index is 0.702. The Morgan fingerprint density at radius 3 is 2.95 bits per heavy atom. The summed E-state index contributed by atoms with van der Waals surface area (Å²) >= 11 is 0. The van der Waals surface area contributed by atoms with Gasteiger partial charge in [0.1, 0.15) is 0 Å². The summed E-state index contributed by atoms with van der Waals surface area (Å²) in [6.07, 6.45) is 4.31. The molecule has 0 bridgehead atoms. The van der Waals surface area contributed by atoms with E-state index in [-0.39, 0.29) is 0 Å². The highest BCUT2D eigenvalue weighted by atomic mass is 16.5. The first-order valence-corrected chi connectivity index (χ1v) is 6.42. The molecule has 0 saturated heterocycles. The van der Waals surface area contributed by atoms with Gasteiger partial charge in [-0.1, -0.05) is 36.9 Å². The summed E-state index contributed by atoms with van der Waals surface area (Å²) in [5.41, 5.74) is 3.41. The number of hydrogen-bond donors (Lipinski definition) is 2. The lowest BCUT2D eigenvalue weighted by molar-refractivity contribution is 0.244. The molecule has 0 aliphatic rings. The Balaban J connectivity index is 1.85. The molecule has 1 aromatic heterocycles. The Bertz CT molecular complexity index is 493. The van der Waals surface area contributed by atoms with Gasteiger partial charge < -0.3 is 10.1 Å². The number of ether oxygens (including phenoxy) is 1. The first-order chi connectivity index (χ1) is 9.42. The maximum absolute atomic E-state index is 5.07. The number of hydrogen-bond acceptors (Lipinski definition) is 3. The molecule has 1 heterocycles. The van der Waals surface area contributed by atoms with Crippen molar-refractivity contribution in [2.45, 2.75) is 13.0 Å². The summed E-state index contributed by atoms with van der Waals surface area (Å²) in [5.74, 6) is 0. The highest BCUT2D eigenvalue weighted by Gasteiger charge is 2.06. The number of rotatable bonds is 8. The molecule has 0 saturated carbocycles. The number of benzene rings is 1. The maximum Gasteiger partial charge on any atom is 0.0885 e. The lowest BCUT2D eigenvalue weighted by atomic mass is 10.1. The van der Waals surface area contributed by atoms with Gasteiger partial charge in [-0.3, -0.25) is 5.10 Å². The van der Waals surface area contributed by atoms with Crippen LogP contribution in [0.2, 0.25) is 0 Å². The average Bonchev–Trinajstić information content (AvgIpc) is 2.92. The standard InChI is InChI=1S/C15H19N3O/c1-2-19-10-6-9-16-11-14-12-17-18-15(14)13-7-4-3-5-8-13/h2-5,7-8,12,16H,1,6,9-11H2,(H,17,18). The summed E-state index contributed by atoms with van der Waals surface area (Å²) < 4.78 is 5.07. The molecule has 4 nitrogen and oxygen atoms in total. The third-order valence-corrected chi connectivity index (χ3v) is 2.83. The zero-order chi connectivity index (χ0) is 13.3. The lowest BCUT2D eigenvalue weighted by Gasteiger charge is -2.05. The van der Waals surface area contributed by atoms with Crippen molar-refractivity contribution in [1.82, 2.24) is 15.5 Å². The van der Waals surface area contributed by atoms with Gasteiger partial charge in [-0.15, -0.1) is 0 Å². The Morgan fingerprint density at radius 1 is 1.32 bits per heavy atom. The molecule has 2 aromatic rings. The van der Waals surface area contributed by atoms with Crippen LogP contribution >= 0.6 is 0 Å². The minimum Gasteiger partial charge on any atom is -0.502 e. The number of nitrogens with zero attached hydrogens (tertiary/aromatic N) is 1. The molecule has 0 atom stereocenters. The van der Waals surface area contributed by atoms with Crippen LogP contribution in [-0.4, -0.2) is 23.3 Å². The van der Waals surface area contributed by atoms with E-state index in [1.54, 1.807) is 0 Å². The molecule has 0 spiro atoms. The van der Waals surface area contributed by atoms with Crippen molar-refractivity contribution in [1.29, 1.82) is 0 Å². The van der Waals surface area contributed by atoms with Crippen LogP contribution in [0.25, 0.3) is 11.3 Å². The van der Waals surface area contributed by atoms with Gasteiger partial charge in [-0.05, 0) is 18.5 Å². The fourth-order valence-corrected chi connectivity index (χ4v) is 1.89. The van der Waals surface area contributed by atoms with Crippen molar-refractivity contribution in [3.8, 4) is 11.3 Å². The molecule has 0 aliphatic heterocycles. The number of aromatic amines is 1. The summed E-state index contributed by atoms with van der Waals surface area (Å²) in [6, 6.07) is 10.2. The van der Waals surface area contributed by atoms with E-state index in [0.29, 0.717) is 6.61 Å². The quantitative estimate of drug-likeness (QED) is 0.564. The van der Waals surface area contributed by atoms with Gasteiger partial charge in [0.25, 0.3) is 0 Å². The van der Waals surface area contributed by atoms with Gasteiger partial charge in [0.15, 0.2) is 0 Å². The predicted molar refractivity (Wildman–Crippen MR) is 76.5 cm³/mol. The predicted octanol–water partition coefficient (Wildman–Crippen LogP) is 2.72. The van der Waals surface area contributed by atoms with E-state index in [4.69, 9.17) is 4.74 Å². The van der Waals surface area contributed by atoms with Crippen LogP contribution in [0.15, 0.2) is 49.4 Å². The van der Waals surface area contributed by atoms with Gasteiger partial charge in [0.05, 0.1) is 24.8 Å². The van der Waals surface area contributed by atoms with E-state index in [9.17, 15) is 0 Å². The van der Waals surface area contributed by atoms with E-state index in [2.05, 4.69) is 34.2 Å². The van der Waals surface area contributed by atoms with Crippen molar-refractivity contribution in [3.05, 3.63) is 54.9 Å². The van der Waals surface area contributed by atoms with Crippen LogP contribution in [0.3, 0.4) is 0 Å². The minimum atomic E-state index is 0.702. The van der Waals surface area contributed by atoms with Crippen molar-refractivity contribution in [2.24, 2.45) is 0 Å². The second-order valence-electron chi connectivity index (χ2n) is 4.20. The molecule has 19 heavy (non-hydrogen) atoms. The zero-order valence-corrected chi connectivity index (χ0v) is 10.9. The fourth-order valence-electron chi connectivity index (χ4n) is 1.89. The molecule has 0 amide bonds. The van der Waals surface area contributed by atoms with E-state index in [0.717, 1.165) is 30.8 Å². The summed E-state index contributed by atoms with van der Waals surface area (Å²) in [4.78, 5) is 0. The van der Waals surface area contributed by atoms with Crippen molar-refractivity contribution < 1.29 is 4.74 Å². The van der Waals surface area contributed by atoms with E-state index in [1.807, 2.05) is 24.4 Å². The molecule has 0 aliphatic carbocycles. The fraction of sp³-hybridized carbons (Fsp3) is 0.267. The normalized spacial score (nSPS) is 10.3. The van der Waals surface area contributed by atoms with Crippen LogP contribution in [-0.2, 0) is 11.3 Å². The maximum atomic E-state index is 5.07. The van der Waals surface area contributed by atoms with Crippen LogP contribution < -0.4 is 5.32 Å². The molecule has 0 fully saturated rings. The number of aromatic nitrogens is 2. The molecule has 2 N–H and O–H groups in total. The van der Waals surface area contributed by atoms with Gasteiger partial charge >= 0.3 is 0 Å². The highest BCUT2D eigenvalue weighted by Crippen LogP contribution is 2.20. The highest BCUT2D eigenvalue weighted by molar-refractivity contribution is 5.62. The first-order valence-electron chi connectivity index (χ1n) is 6.42. The molecule has 0 unspecified atom stereocenters. The molecular formula is C15H19N3O. The molecule has 2 rings (SSSR count). The molecular weight excluding hydrogens is 238 g/mol. The monoisotopic (exact) mass is 257 g/mol. The number of nitrogens with one attached hydrogen (secondary N) is 2. The first kappa shape index (κ1) is 13.4. The Kier molecular flexibility index (Phi) is 5.19. The van der Waals surface area contributed by atoms with Crippen LogP contribution in [0.4, 0.5) is 0 Å². The third kappa shape index (κ3) is 3.96. The van der Waals surface area contributed by atoms with Crippen molar-refractivity contribution in [2.75, 3.05) is 13.2 Å². The zero-order valence-electron chi connectivity index (χ0n) is 10.9. The largest absolute Gasteiger partial charge is 0.502 e. The van der Waals surface area contributed by atoms with Crippen LogP contribution in [0.1, 0.15) is 12.0 Å². The summed E-state index contributed by atoms with van der Waals surface area (Å²) in [7, 11) is 0. The van der Waals surface area contributed by atoms with Gasteiger partial charge in [0.2, 0.25) is 0 Å². The Morgan fingerprint density at radius 2 is 2.16 bits per heavy atom. The topological polar surface area (TPSA) is 49.9 Å². The molecule has 1 aromatic carbocycles.